The predicted molar refractivity (Wildman–Crippen MR) is 76.5 cm³/mol. The van der Waals surface area contributed by atoms with E-state index in [1.807, 2.05) is 0 Å². The lowest BCUT2D eigenvalue weighted by Crippen LogP contribution is -2.46. The Bertz CT molecular complexity index is 570. The van der Waals surface area contributed by atoms with Crippen molar-refractivity contribution in [3.63, 3.8) is 0 Å². The number of amides is 2. The highest BCUT2D eigenvalue weighted by Gasteiger charge is 2.38. The number of carbonyl (C=O) groups is 2. The van der Waals surface area contributed by atoms with Gasteiger partial charge in [-0.05, 0) is 38.6 Å². The van der Waals surface area contributed by atoms with Crippen LogP contribution in [0.15, 0.2) is 18.2 Å². The van der Waals surface area contributed by atoms with Gasteiger partial charge in [0, 0.05) is 18.3 Å². The molecule has 1 saturated heterocycles. The van der Waals surface area contributed by atoms with Crippen molar-refractivity contribution in [1.29, 1.82) is 0 Å². The van der Waals surface area contributed by atoms with Crippen LogP contribution in [-0.2, 0) is 0 Å². The molecule has 0 aromatic heterocycles. The predicted octanol–water partition coefficient (Wildman–Crippen LogP) is 1.35. The van der Waals surface area contributed by atoms with Crippen LogP contribution in [-0.4, -0.2) is 47.8 Å². The van der Waals surface area contributed by atoms with Gasteiger partial charge in [0.2, 0.25) is 0 Å². The van der Waals surface area contributed by atoms with Crippen molar-refractivity contribution in [3.8, 4) is 0 Å². The fourth-order valence-corrected chi connectivity index (χ4v) is 3.11. The van der Waals surface area contributed by atoms with Gasteiger partial charge < -0.3 is 10.6 Å². The zero-order valence-corrected chi connectivity index (χ0v) is 11.6. The molecule has 106 valence electrons. The molecule has 1 fully saturated rings. The van der Waals surface area contributed by atoms with Crippen molar-refractivity contribution >= 4 is 17.5 Å². The maximum atomic E-state index is 12.4. The summed E-state index contributed by atoms with van der Waals surface area (Å²) in [7, 11) is 2.05. The van der Waals surface area contributed by atoms with E-state index in [1.54, 1.807) is 18.2 Å². The van der Waals surface area contributed by atoms with E-state index in [-0.39, 0.29) is 17.9 Å². The maximum absolute atomic E-state index is 12.4. The quantitative estimate of drug-likeness (QED) is 0.652. The van der Waals surface area contributed by atoms with Crippen LogP contribution in [0.1, 0.15) is 40.0 Å². The van der Waals surface area contributed by atoms with Crippen molar-refractivity contribution < 1.29 is 9.59 Å². The van der Waals surface area contributed by atoms with Crippen LogP contribution in [0.2, 0.25) is 0 Å². The van der Waals surface area contributed by atoms with Gasteiger partial charge in [-0.2, -0.15) is 0 Å². The van der Waals surface area contributed by atoms with Crippen molar-refractivity contribution in [2.75, 3.05) is 25.9 Å². The number of nitrogens with zero attached hydrogens (tertiary/aromatic N) is 2. The highest BCUT2D eigenvalue weighted by Crippen LogP contribution is 2.28. The molecule has 20 heavy (non-hydrogen) atoms. The van der Waals surface area contributed by atoms with Gasteiger partial charge in [0.05, 0.1) is 11.1 Å². The highest BCUT2D eigenvalue weighted by molar-refractivity contribution is 6.23. The van der Waals surface area contributed by atoms with Gasteiger partial charge >= 0.3 is 0 Å². The molecule has 3 rings (SSSR count). The molecule has 5 nitrogen and oxygen atoms in total. The summed E-state index contributed by atoms with van der Waals surface area (Å²) in [5.74, 6) is -0.460. The lowest BCUT2D eigenvalue weighted by Gasteiger charge is -2.34. The summed E-state index contributed by atoms with van der Waals surface area (Å²) in [6.07, 6.45) is 3.36. The minimum Gasteiger partial charge on any atom is -0.398 e. The van der Waals surface area contributed by atoms with Crippen LogP contribution in [0, 0.1) is 0 Å². The third kappa shape index (κ3) is 1.98. The Morgan fingerprint density at radius 2 is 2.05 bits per heavy atom. The fraction of sp³-hybridized carbons (Fsp3) is 0.467. The molecular formula is C15H19N3O2. The molecule has 0 bridgehead atoms. The number of piperidine rings is 1. The number of nitrogens with two attached hydrogens (primary N) is 1. The monoisotopic (exact) mass is 273 g/mol. The first kappa shape index (κ1) is 13.1. The summed E-state index contributed by atoms with van der Waals surface area (Å²) in [4.78, 5) is 28.4. The number of anilines is 1. The van der Waals surface area contributed by atoms with E-state index in [0.29, 0.717) is 23.4 Å². The molecule has 0 spiro atoms. The van der Waals surface area contributed by atoms with Gasteiger partial charge in [0.25, 0.3) is 11.8 Å². The normalized spacial score (nSPS) is 23.2. The average molecular weight is 273 g/mol. The molecule has 2 amide bonds. The summed E-state index contributed by atoms with van der Waals surface area (Å²) in [5.41, 5.74) is 7.04. The first-order valence-electron chi connectivity index (χ1n) is 7.04. The average Bonchev–Trinajstić information content (AvgIpc) is 2.67. The minimum atomic E-state index is -0.248. The number of hydrogen-bond acceptors (Lipinski definition) is 4. The first-order chi connectivity index (χ1) is 9.59. The fourth-order valence-electron chi connectivity index (χ4n) is 3.11. The second-order valence-corrected chi connectivity index (χ2v) is 5.62. The molecule has 2 heterocycles. The van der Waals surface area contributed by atoms with Crippen molar-refractivity contribution in [2.45, 2.75) is 25.3 Å². The lowest BCUT2D eigenvalue weighted by molar-refractivity contribution is 0.0578. The highest BCUT2D eigenvalue weighted by atomic mass is 16.2. The summed E-state index contributed by atoms with van der Waals surface area (Å²) in [5, 5.41) is 0. The molecule has 1 unspecified atom stereocenters. The Morgan fingerprint density at radius 1 is 1.25 bits per heavy atom. The molecule has 2 aliphatic heterocycles. The SMILES string of the molecule is CN1CCCCC1CN1C(=O)c2cccc(N)c2C1=O. The Labute approximate surface area is 118 Å². The van der Waals surface area contributed by atoms with E-state index in [1.165, 1.54) is 11.3 Å². The Hall–Kier alpha value is -1.88. The zero-order valence-electron chi connectivity index (χ0n) is 11.6. The van der Waals surface area contributed by atoms with Gasteiger partial charge in [-0.25, -0.2) is 0 Å². The van der Waals surface area contributed by atoms with E-state index < -0.39 is 0 Å². The third-order valence-corrected chi connectivity index (χ3v) is 4.35. The topological polar surface area (TPSA) is 66.6 Å². The number of likely N-dealkylation sites (tertiary alicyclic amines) is 1. The Balaban J connectivity index is 1.85. The van der Waals surface area contributed by atoms with Crippen LogP contribution in [0.25, 0.3) is 0 Å². The Kier molecular flexibility index (Phi) is 3.22. The number of fused-ring (bicyclic) bond motifs is 1. The van der Waals surface area contributed by atoms with Crippen molar-refractivity contribution in [3.05, 3.63) is 29.3 Å². The molecule has 1 atom stereocenters. The summed E-state index contributed by atoms with van der Waals surface area (Å²) in [6, 6.07) is 5.32. The van der Waals surface area contributed by atoms with Gasteiger partial charge in [0.1, 0.15) is 0 Å². The number of rotatable bonds is 2. The molecule has 1 aromatic carbocycles. The molecule has 0 aliphatic carbocycles. The number of imide groups is 1. The summed E-state index contributed by atoms with van der Waals surface area (Å²) in [6.45, 7) is 1.48. The van der Waals surface area contributed by atoms with Gasteiger partial charge in [-0.1, -0.05) is 12.5 Å². The van der Waals surface area contributed by atoms with E-state index in [9.17, 15) is 9.59 Å². The maximum Gasteiger partial charge on any atom is 0.263 e. The molecule has 1 aromatic rings. The second kappa shape index (κ2) is 4.90. The molecule has 2 aliphatic rings. The van der Waals surface area contributed by atoms with Crippen LogP contribution in [0.3, 0.4) is 0 Å². The lowest BCUT2D eigenvalue weighted by atomic mass is 10.0. The molecule has 5 heteroatoms. The summed E-state index contributed by atoms with van der Waals surface area (Å²) < 4.78 is 0. The Morgan fingerprint density at radius 3 is 2.75 bits per heavy atom. The van der Waals surface area contributed by atoms with Crippen LogP contribution < -0.4 is 5.73 Å². The van der Waals surface area contributed by atoms with Gasteiger partial charge in [-0.3, -0.25) is 14.5 Å². The van der Waals surface area contributed by atoms with Crippen molar-refractivity contribution in [2.24, 2.45) is 0 Å². The number of nitrogen functional groups attached to an aromatic ring is 1. The number of hydrogen-bond donors (Lipinski definition) is 1. The van der Waals surface area contributed by atoms with E-state index in [2.05, 4.69) is 11.9 Å². The third-order valence-electron chi connectivity index (χ3n) is 4.35. The van der Waals surface area contributed by atoms with Gasteiger partial charge in [-0.15, -0.1) is 0 Å². The minimum absolute atomic E-state index is 0.212. The number of carbonyl (C=O) groups excluding carboxylic acids is 2. The number of benzene rings is 1. The standard InChI is InChI=1S/C15H19N3O2/c1-17-8-3-2-5-10(17)9-18-14(19)11-6-4-7-12(16)13(11)15(18)20/h4,6-7,10H,2-3,5,8-9,16H2,1H3. The zero-order chi connectivity index (χ0) is 14.3. The van der Waals surface area contributed by atoms with Gasteiger partial charge in [0.15, 0.2) is 0 Å². The second-order valence-electron chi connectivity index (χ2n) is 5.62. The molecule has 2 N–H and O–H groups in total. The van der Waals surface area contributed by atoms with Crippen LogP contribution in [0.4, 0.5) is 5.69 Å². The van der Waals surface area contributed by atoms with E-state index in [0.717, 1.165) is 19.4 Å². The molecular weight excluding hydrogens is 254 g/mol. The summed E-state index contributed by atoms with van der Waals surface area (Å²) >= 11 is 0. The van der Waals surface area contributed by atoms with E-state index >= 15 is 0 Å². The van der Waals surface area contributed by atoms with Crippen molar-refractivity contribution in [1.82, 2.24) is 9.80 Å². The smallest absolute Gasteiger partial charge is 0.263 e. The van der Waals surface area contributed by atoms with E-state index in [4.69, 9.17) is 5.73 Å². The van der Waals surface area contributed by atoms with Crippen LogP contribution in [0.5, 0.6) is 0 Å². The largest absolute Gasteiger partial charge is 0.398 e. The molecule has 0 radical (unpaired) electrons. The molecule has 0 saturated carbocycles. The van der Waals surface area contributed by atoms with Crippen LogP contribution >= 0.6 is 0 Å². The number of likely N-dealkylation sites (N-methyl/N-ethyl adjacent to an activating group) is 1. The first-order valence-corrected chi connectivity index (χ1v) is 7.04.